The SMILES string of the molecule is CCCCCCCCCCCCCC/C=C/CC/C=C/C(O)C(COC1OC(CO)C(OC2OC(CO)C(OC3OC(CO)C(O)C(O)C3O)C(O)C2O)C(O)C1O)NC(=O)CCCCCCCCCCCC. The van der Waals surface area contributed by atoms with Crippen molar-refractivity contribution < 1.29 is 89.4 Å². The summed E-state index contributed by atoms with van der Waals surface area (Å²) in [5.41, 5.74) is 0. The van der Waals surface area contributed by atoms with Crippen molar-refractivity contribution in [2.45, 2.75) is 285 Å². The summed E-state index contributed by atoms with van der Waals surface area (Å²) in [6.07, 6.45) is 10.4. The summed E-state index contributed by atoms with van der Waals surface area (Å²) < 4.78 is 34.1. The average molecular weight is 1050 g/mol. The molecule has 0 bridgehead atoms. The first-order valence-corrected chi connectivity index (χ1v) is 28.1. The van der Waals surface area contributed by atoms with Crippen molar-refractivity contribution in [2.24, 2.45) is 0 Å². The molecule has 0 spiro atoms. The summed E-state index contributed by atoms with van der Waals surface area (Å²) in [4.78, 5) is 13.2. The van der Waals surface area contributed by atoms with Gasteiger partial charge in [-0.3, -0.25) is 4.79 Å². The van der Waals surface area contributed by atoms with E-state index in [2.05, 4.69) is 31.3 Å². The Bertz CT molecular complexity index is 1440. The largest absolute Gasteiger partial charge is 0.394 e. The van der Waals surface area contributed by atoms with Gasteiger partial charge in [0.2, 0.25) is 5.91 Å². The fourth-order valence-corrected chi connectivity index (χ4v) is 9.56. The lowest BCUT2D eigenvalue weighted by molar-refractivity contribution is -0.379. The van der Waals surface area contributed by atoms with E-state index >= 15 is 0 Å². The highest BCUT2D eigenvalue weighted by molar-refractivity contribution is 5.76. The van der Waals surface area contributed by atoms with Crippen LogP contribution >= 0.6 is 0 Å². The summed E-state index contributed by atoms with van der Waals surface area (Å²) in [5.74, 6) is -0.288. The monoisotopic (exact) mass is 1050 g/mol. The number of unbranched alkanes of at least 4 members (excludes halogenated alkanes) is 22. The second-order valence-electron chi connectivity index (χ2n) is 20.4. The molecule has 3 fully saturated rings. The van der Waals surface area contributed by atoms with Crippen LogP contribution in [0.15, 0.2) is 24.3 Å². The molecule has 428 valence electrons. The molecule has 0 aliphatic carbocycles. The molecule has 12 N–H and O–H groups in total. The molecule has 3 saturated heterocycles. The van der Waals surface area contributed by atoms with Crippen molar-refractivity contribution in [3.05, 3.63) is 24.3 Å². The second kappa shape index (κ2) is 38.8. The third-order valence-electron chi connectivity index (χ3n) is 14.3. The predicted molar refractivity (Wildman–Crippen MR) is 273 cm³/mol. The van der Waals surface area contributed by atoms with E-state index in [0.717, 1.165) is 38.5 Å². The summed E-state index contributed by atoms with van der Waals surface area (Å²) in [5, 5.41) is 120. The molecule has 3 rings (SSSR count). The maximum Gasteiger partial charge on any atom is 0.220 e. The van der Waals surface area contributed by atoms with E-state index in [4.69, 9.17) is 28.4 Å². The van der Waals surface area contributed by atoms with Gasteiger partial charge in [-0.25, -0.2) is 0 Å². The number of allylic oxidation sites excluding steroid dienone is 3. The van der Waals surface area contributed by atoms with Gasteiger partial charge in [-0.15, -0.1) is 0 Å². The molecule has 3 heterocycles. The average Bonchev–Trinajstić information content (AvgIpc) is 3.39. The van der Waals surface area contributed by atoms with Crippen LogP contribution in [-0.4, -0.2) is 193 Å². The molecule has 19 heteroatoms. The molecule has 0 aromatic carbocycles. The molecule has 0 radical (unpaired) electrons. The van der Waals surface area contributed by atoms with Gasteiger partial charge in [-0.2, -0.15) is 0 Å². The molecular weight excluding hydrogens is 951 g/mol. The fourth-order valence-electron chi connectivity index (χ4n) is 9.56. The zero-order chi connectivity index (χ0) is 53.4. The minimum absolute atomic E-state index is 0.238. The Morgan fingerprint density at radius 2 is 0.877 bits per heavy atom. The van der Waals surface area contributed by atoms with Crippen LogP contribution < -0.4 is 5.32 Å². The number of ether oxygens (including phenoxy) is 6. The summed E-state index contributed by atoms with van der Waals surface area (Å²) in [6, 6.07) is -0.983. The van der Waals surface area contributed by atoms with Gasteiger partial charge < -0.3 is 89.9 Å². The maximum absolute atomic E-state index is 13.2. The smallest absolute Gasteiger partial charge is 0.220 e. The third kappa shape index (κ3) is 23.8. The van der Waals surface area contributed by atoms with E-state index in [-0.39, 0.29) is 18.9 Å². The van der Waals surface area contributed by atoms with Gasteiger partial charge >= 0.3 is 0 Å². The lowest BCUT2D eigenvalue weighted by Crippen LogP contribution is -2.66. The standard InChI is InChI=1S/C54H99NO18/c1-3-5-7-9-11-13-15-16-17-18-19-20-21-22-23-25-27-29-31-38(59)37(55-42(60)32-30-28-26-24-14-12-10-8-6-4-2)36-68-52-48(66)45(63)50(40(34-57)70-52)73-54-49(67)46(64)51(41(35-58)71-54)72-53-47(65)44(62)43(61)39(33-56)69-53/h22-23,29,31,37-41,43-54,56-59,61-67H,3-21,24-28,30,32-36H2,1-2H3,(H,55,60)/b23-22+,31-29+. The Labute approximate surface area is 435 Å². The van der Waals surface area contributed by atoms with E-state index in [0.29, 0.717) is 12.8 Å². The summed E-state index contributed by atoms with van der Waals surface area (Å²) in [7, 11) is 0. The molecule has 3 aliphatic heterocycles. The number of hydrogen-bond acceptors (Lipinski definition) is 18. The van der Waals surface area contributed by atoms with Crippen molar-refractivity contribution in [3.63, 3.8) is 0 Å². The molecule has 3 aliphatic rings. The Morgan fingerprint density at radius 1 is 0.479 bits per heavy atom. The van der Waals surface area contributed by atoms with Crippen molar-refractivity contribution in [3.8, 4) is 0 Å². The van der Waals surface area contributed by atoms with Crippen LogP contribution in [0.2, 0.25) is 0 Å². The zero-order valence-corrected chi connectivity index (χ0v) is 44.1. The van der Waals surface area contributed by atoms with Crippen LogP contribution in [0.3, 0.4) is 0 Å². The Kier molecular flexibility index (Phi) is 34.8. The van der Waals surface area contributed by atoms with E-state index < -0.39 is 124 Å². The first-order chi connectivity index (χ1) is 35.3. The molecule has 0 saturated carbocycles. The van der Waals surface area contributed by atoms with Gasteiger partial charge in [0.15, 0.2) is 18.9 Å². The highest BCUT2D eigenvalue weighted by atomic mass is 16.8. The van der Waals surface area contributed by atoms with Crippen LogP contribution in [0.25, 0.3) is 0 Å². The number of nitrogens with one attached hydrogen (secondary N) is 1. The van der Waals surface area contributed by atoms with Gasteiger partial charge in [-0.05, 0) is 32.1 Å². The minimum atomic E-state index is -1.98. The van der Waals surface area contributed by atoms with Gasteiger partial charge in [0.05, 0.1) is 38.6 Å². The second-order valence-corrected chi connectivity index (χ2v) is 20.4. The lowest BCUT2D eigenvalue weighted by Gasteiger charge is -2.48. The number of hydrogen-bond donors (Lipinski definition) is 12. The number of carbonyl (C=O) groups excluding carboxylic acids is 1. The van der Waals surface area contributed by atoms with E-state index in [9.17, 15) is 61.0 Å². The van der Waals surface area contributed by atoms with Crippen molar-refractivity contribution in [1.29, 1.82) is 0 Å². The number of rotatable bonds is 40. The number of aliphatic hydroxyl groups is 11. The third-order valence-corrected chi connectivity index (χ3v) is 14.3. The summed E-state index contributed by atoms with van der Waals surface area (Å²) in [6.45, 7) is 1.66. The van der Waals surface area contributed by atoms with Crippen molar-refractivity contribution >= 4 is 5.91 Å². The highest BCUT2D eigenvalue weighted by Crippen LogP contribution is 2.33. The highest BCUT2D eigenvalue weighted by Gasteiger charge is 2.53. The maximum atomic E-state index is 13.2. The Morgan fingerprint density at radius 3 is 1.37 bits per heavy atom. The Balaban J connectivity index is 1.54. The first kappa shape index (κ1) is 65.6. The van der Waals surface area contributed by atoms with Crippen LogP contribution in [0.5, 0.6) is 0 Å². The molecule has 0 aromatic heterocycles. The molecule has 1 amide bonds. The van der Waals surface area contributed by atoms with E-state index in [1.807, 2.05) is 6.08 Å². The Hall–Kier alpha value is -1.73. The molecule has 73 heavy (non-hydrogen) atoms. The summed E-state index contributed by atoms with van der Waals surface area (Å²) >= 11 is 0. The predicted octanol–water partition coefficient (Wildman–Crippen LogP) is 3.59. The van der Waals surface area contributed by atoms with E-state index in [1.165, 1.54) is 109 Å². The zero-order valence-electron chi connectivity index (χ0n) is 44.1. The van der Waals surface area contributed by atoms with Gasteiger partial charge in [0.1, 0.15) is 73.2 Å². The van der Waals surface area contributed by atoms with Crippen molar-refractivity contribution in [1.82, 2.24) is 5.32 Å². The number of carbonyl (C=O) groups is 1. The number of aliphatic hydroxyl groups excluding tert-OH is 11. The van der Waals surface area contributed by atoms with Gasteiger partial charge in [-0.1, -0.05) is 167 Å². The van der Waals surface area contributed by atoms with Gasteiger partial charge in [0.25, 0.3) is 0 Å². The quantitative estimate of drug-likeness (QED) is 0.0308. The molecule has 17 atom stereocenters. The molecular formula is C54H99NO18. The normalized spacial score (nSPS) is 31.9. The van der Waals surface area contributed by atoms with Crippen molar-refractivity contribution in [2.75, 3.05) is 26.4 Å². The minimum Gasteiger partial charge on any atom is -0.394 e. The number of amides is 1. The first-order valence-electron chi connectivity index (χ1n) is 28.1. The van der Waals surface area contributed by atoms with E-state index in [1.54, 1.807) is 6.08 Å². The van der Waals surface area contributed by atoms with Gasteiger partial charge in [0, 0.05) is 6.42 Å². The van der Waals surface area contributed by atoms with Crippen LogP contribution in [-0.2, 0) is 33.2 Å². The van der Waals surface area contributed by atoms with Crippen LogP contribution in [0, 0.1) is 0 Å². The molecule has 17 unspecified atom stereocenters. The molecule has 0 aromatic rings. The fraction of sp³-hybridized carbons (Fsp3) is 0.907. The van der Waals surface area contributed by atoms with Crippen LogP contribution in [0.1, 0.15) is 181 Å². The topological polar surface area (TPSA) is 307 Å². The molecule has 19 nitrogen and oxygen atoms in total. The lowest BCUT2D eigenvalue weighted by atomic mass is 9.96. The van der Waals surface area contributed by atoms with Crippen LogP contribution in [0.4, 0.5) is 0 Å².